The number of carbonyl (C=O) groups excluding carboxylic acids is 1. The molecule has 17 heavy (non-hydrogen) atoms. The molecule has 6 heteroatoms. The third-order valence-corrected chi connectivity index (χ3v) is 3.84. The van der Waals surface area contributed by atoms with Crippen LogP contribution in [0.1, 0.15) is 0 Å². The quantitative estimate of drug-likeness (QED) is 0.454. The normalized spacial score (nSPS) is 51.4. The Balaban J connectivity index is 1.95. The lowest BCUT2D eigenvalue weighted by atomic mass is 9.77. The van der Waals surface area contributed by atoms with Crippen LogP contribution in [0.4, 0.5) is 0 Å². The van der Waals surface area contributed by atoms with Crippen LogP contribution in [0.2, 0.25) is 0 Å². The van der Waals surface area contributed by atoms with Gasteiger partial charge < -0.3 is 24.4 Å². The average molecular weight is 242 g/mol. The van der Waals surface area contributed by atoms with Gasteiger partial charge in [0.1, 0.15) is 11.5 Å². The lowest BCUT2D eigenvalue weighted by Crippen LogP contribution is -2.51. The first-order chi connectivity index (χ1) is 8.07. The van der Waals surface area contributed by atoms with E-state index in [4.69, 9.17) is 9.47 Å². The molecule has 0 bridgehead atoms. The summed E-state index contributed by atoms with van der Waals surface area (Å²) in [5.41, 5.74) is -1.10. The van der Waals surface area contributed by atoms with E-state index >= 15 is 0 Å². The van der Waals surface area contributed by atoms with E-state index in [0.717, 1.165) is 0 Å². The highest BCUT2D eigenvalue weighted by Gasteiger charge is 2.61. The molecule has 0 aromatic rings. The van der Waals surface area contributed by atoms with Gasteiger partial charge in [-0.25, -0.2) is 0 Å². The molecule has 2 saturated heterocycles. The molecule has 0 spiro atoms. The van der Waals surface area contributed by atoms with Crippen molar-refractivity contribution in [2.24, 2.45) is 17.8 Å². The van der Waals surface area contributed by atoms with Crippen molar-refractivity contribution >= 4 is 5.97 Å². The first kappa shape index (κ1) is 11.2. The van der Waals surface area contributed by atoms with Crippen LogP contribution in [0, 0.1) is 17.8 Å². The molecule has 3 rings (SSSR count). The zero-order valence-electron chi connectivity index (χ0n) is 9.28. The third kappa shape index (κ3) is 1.38. The van der Waals surface area contributed by atoms with E-state index in [9.17, 15) is 15.0 Å². The fraction of sp³-hybridized carbons (Fsp3) is 0.727. The number of methoxy groups -OCH3 is 1. The lowest BCUT2D eigenvalue weighted by Gasteiger charge is -2.39. The highest BCUT2D eigenvalue weighted by Crippen LogP contribution is 2.50. The molecule has 94 valence electrons. The van der Waals surface area contributed by atoms with Gasteiger partial charge in [-0.1, -0.05) is 12.2 Å². The molecular formula is C11H14O6. The highest BCUT2D eigenvalue weighted by atomic mass is 16.7. The Morgan fingerprint density at radius 3 is 3.06 bits per heavy atom. The van der Waals surface area contributed by atoms with E-state index in [0.29, 0.717) is 0 Å². The molecular weight excluding hydrogens is 228 g/mol. The predicted octanol–water partition coefficient (Wildman–Crippen LogP) is -0.986. The summed E-state index contributed by atoms with van der Waals surface area (Å²) in [5.74, 6) is -2.02. The Kier molecular flexibility index (Phi) is 2.31. The molecule has 2 N–H and O–H groups in total. The van der Waals surface area contributed by atoms with Crippen LogP contribution in [0.25, 0.3) is 0 Å². The van der Waals surface area contributed by atoms with E-state index in [1.807, 2.05) is 0 Å². The van der Waals surface area contributed by atoms with E-state index < -0.39 is 30.1 Å². The Morgan fingerprint density at radius 1 is 1.59 bits per heavy atom. The summed E-state index contributed by atoms with van der Waals surface area (Å²) in [5, 5.41) is 20.1. The summed E-state index contributed by atoms with van der Waals surface area (Å²) < 4.78 is 15.2. The molecule has 0 radical (unpaired) electrons. The third-order valence-electron chi connectivity index (χ3n) is 3.84. The first-order valence-corrected chi connectivity index (χ1v) is 5.51. The van der Waals surface area contributed by atoms with Crippen LogP contribution in [0.3, 0.4) is 0 Å². The van der Waals surface area contributed by atoms with Gasteiger partial charge in [0, 0.05) is 5.92 Å². The standard InChI is InChI=1S/C11H14O6/c1-15-8(12)6-5-2-3-11(14)4-16-10(7(5)11)17-9(6)13/h2-3,5-7,9-10,13-14H,4H2,1H3/t5?,6-,7?,9-,10-,11+/m0/s1. The van der Waals surface area contributed by atoms with Crippen molar-refractivity contribution in [2.75, 3.05) is 13.7 Å². The summed E-state index contributed by atoms with van der Waals surface area (Å²) >= 11 is 0. The molecule has 0 amide bonds. The number of rotatable bonds is 1. The van der Waals surface area contributed by atoms with Crippen molar-refractivity contribution in [3.8, 4) is 0 Å². The molecule has 2 aliphatic heterocycles. The number of esters is 1. The number of hydrogen-bond donors (Lipinski definition) is 2. The van der Waals surface area contributed by atoms with Gasteiger partial charge in [-0.3, -0.25) is 4.79 Å². The summed E-state index contributed by atoms with van der Waals surface area (Å²) in [4.78, 5) is 11.6. The minimum Gasteiger partial charge on any atom is -0.469 e. The highest BCUT2D eigenvalue weighted by molar-refractivity contribution is 5.74. The SMILES string of the molecule is COC(=O)[C@@H]1C2C=C[C@@]3(O)CO[C@@H](O[C@@H]1O)C23. The number of allylic oxidation sites excluding steroid dienone is 1. The van der Waals surface area contributed by atoms with Crippen LogP contribution in [0.5, 0.6) is 0 Å². The van der Waals surface area contributed by atoms with Crippen molar-refractivity contribution < 1.29 is 29.2 Å². The van der Waals surface area contributed by atoms with Crippen molar-refractivity contribution in [1.29, 1.82) is 0 Å². The van der Waals surface area contributed by atoms with Gasteiger partial charge in [0.15, 0.2) is 12.6 Å². The van der Waals surface area contributed by atoms with Gasteiger partial charge >= 0.3 is 5.97 Å². The smallest absolute Gasteiger partial charge is 0.314 e. The summed E-state index contributed by atoms with van der Waals surface area (Å²) in [7, 11) is 1.26. The lowest BCUT2D eigenvalue weighted by molar-refractivity contribution is -0.280. The van der Waals surface area contributed by atoms with Gasteiger partial charge in [-0.05, 0) is 0 Å². The summed E-state index contributed by atoms with van der Waals surface area (Å²) in [6.45, 7) is 0.121. The van der Waals surface area contributed by atoms with Crippen molar-refractivity contribution in [2.45, 2.75) is 18.2 Å². The van der Waals surface area contributed by atoms with Gasteiger partial charge in [0.05, 0.1) is 19.6 Å². The largest absolute Gasteiger partial charge is 0.469 e. The van der Waals surface area contributed by atoms with Crippen LogP contribution < -0.4 is 0 Å². The maximum atomic E-state index is 11.6. The molecule has 2 fully saturated rings. The van der Waals surface area contributed by atoms with Gasteiger partial charge in [0.25, 0.3) is 0 Å². The van der Waals surface area contributed by atoms with E-state index in [1.54, 1.807) is 12.2 Å². The van der Waals surface area contributed by atoms with Gasteiger partial charge in [0.2, 0.25) is 0 Å². The van der Waals surface area contributed by atoms with Gasteiger partial charge in [-0.15, -0.1) is 0 Å². The summed E-state index contributed by atoms with van der Waals surface area (Å²) in [6.07, 6.45) is 1.43. The van der Waals surface area contributed by atoms with Gasteiger partial charge in [-0.2, -0.15) is 0 Å². The number of aliphatic hydroxyl groups excluding tert-OH is 1. The second-order valence-electron chi connectivity index (χ2n) is 4.71. The number of hydrogen-bond acceptors (Lipinski definition) is 6. The van der Waals surface area contributed by atoms with Crippen LogP contribution in [-0.4, -0.2) is 48.1 Å². The molecule has 6 nitrogen and oxygen atoms in total. The molecule has 3 aliphatic rings. The molecule has 0 aromatic heterocycles. The maximum absolute atomic E-state index is 11.6. The van der Waals surface area contributed by atoms with Crippen molar-refractivity contribution in [1.82, 2.24) is 0 Å². The molecule has 2 unspecified atom stereocenters. The average Bonchev–Trinajstić information content (AvgIpc) is 2.80. The topological polar surface area (TPSA) is 85.2 Å². The number of ether oxygens (including phenoxy) is 3. The fourth-order valence-electron chi connectivity index (χ4n) is 3.01. The Labute approximate surface area is 97.8 Å². The second kappa shape index (κ2) is 3.52. The number of aliphatic hydroxyl groups is 2. The van der Waals surface area contributed by atoms with Crippen LogP contribution in [-0.2, 0) is 19.0 Å². The van der Waals surface area contributed by atoms with Crippen molar-refractivity contribution in [3.05, 3.63) is 12.2 Å². The summed E-state index contributed by atoms with van der Waals surface area (Å²) in [6, 6.07) is 0. The Hall–Kier alpha value is -0.950. The predicted molar refractivity (Wildman–Crippen MR) is 53.4 cm³/mol. The van der Waals surface area contributed by atoms with Crippen LogP contribution in [0.15, 0.2) is 12.2 Å². The van der Waals surface area contributed by atoms with Crippen LogP contribution >= 0.6 is 0 Å². The zero-order chi connectivity index (χ0) is 12.2. The molecule has 2 heterocycles. The minimum atomic E-state index is -1.27. The molecule has 0 aromatic carbocycles. The molecule has 0 saturated carbocycles. The molecule has 1 aliphatic carbocycles. The maximum Gasteiger partial charge on any atom is 0.314 e. The first-order valence-electron chi connectivity index (χ1n) is 5.51. The minimum absolute atomic E-state index is 0.121. The molecule has 6 atom stereocenters. The Bertz CT molecular complexity index is 380. The monoisotopic (exact) mass is 242 g/mol. The van der Waals surface area contributed by atoms with Crippen molar-refractivity contribution in [3.63, 3.8) is 0 Å². The van der Waals surface area contributed by atoms with E-state index in [-0.39, 0.29) is 18.4 Å². The fourth-order valence-corrected chi connectivity index (χ4v) is 3.01. The number of carbonyl (C=O) groups is 1. The zero-order valence-corrected chi connectivity index (χ0v) is 9.28. The van der Waals surface area contributed by atoms with E-state index in [1.165, 1.54) is 7.11 Å². The second-order valence-corrected chi connectivity index (χ2v) is 4.71. The Morgan fingerprint density at radius 2 is 2.35 bits per heavy atom. The van der Waals surface area contributed by atoms with E-state index in [2.05, 4.69) is 4.74 Å².